The second-order valence-electron chi connectivity index (χ2n) is 10.9. The molecular weight excluding hydrogens is 622 g/mol. The van der Waals surface area contributed by atoms with Crippen molar-refractivity contribution in [3.63, 3.8) is 0 Å². The summed E-state index contributed by atoms with van der Waals surface area (Å²) in [6.07, 6.45) is -2.89. The van der Waals surface area contributed by atoms with Gasteiger partial charge < -0.3 is 52.1 Å². The highest BCUT2D eigenvalue weighted by molar-refractivity contribution is 6.31. The standard InChI is InChI=1S/C30H33N5O12/c1-2-17(38)33-11-19(40)35-12-20(41)34-10-18(39)31-6-7-32-29(46)30(47)8-14-22(16(37)9-30)28(45)24-23(26(14)43)25(42)13-4-3-5-15(36)21(13)27(24)44/h3-5,16,36-37,43,45,47H,2,6-12H2,1H3,(H,31,39)(H,32,46)(H,33,38)(H,34,41)(H,35,40). The van der Waals surface area contributed by atoms with Crippen LogP contribution in [0.2, 0.25) is 0 Å². The normalized spacial score (nSPS) is 17.8. The average Bonchev–Trinajstić information content (AvgIpc) is 3.03. The summed E-state index contributed by atoms with van der Waals surface area (Å²) in [5.41, 5.74) is -4.85. The van der Waals surface area contributed by atoms with E-state index in [9.17, 15) is 59.1 Å². The van der Waals surface area contributed by atoms with Crippen molar-refractivity contribution in [1.29, 1.82) is 0 Å². The Labute approximate surface area is 266 Å². The van der Waals surface area contributed by atoms with E-state index in [1.54, 1.807) is 6.92 Å². The predicted molar refractivity (Wildman–Crippen MR) is 158 cm³/mol. The molecule has 5 amide bonds. The largest absolute Gasteiger partial charge is 0.507 e. The third-order valence-corrected chi connectivity index (χ3v) is 7.71. The van der Waals surface area contributed by atoms with Gasteiger partial charge in [-0.05, 0) is 6.07 Å². The fourth-order valence-electron chi connectivity index (χ4n) is 5.35. The number of phenols is 3. The number of carbonyl (C=O) groups excluding carboxylic acids is 7. The van der Waals surface area contributed by atoms with Gasteiger partial charge in [-0.2, -0.15) is 0 Å². The molecule has 0 heterocycles. The summed E-state index contributed by atoms with van der Waals surface area (Å²) < 4.78 is 0. The number of phenolic OH excluding ortho intramolecular Hbond substituents is 3. The van der Waals surface area contributed by atoms with Crippen LogP contribution in [0, 0.1) is 0 Å². The van der Waals surface area contributed by atoms with Gasteiger partial charge in [0.05, 0.1) is 42.4 Å². The molecule has 17 nitrogen and oxygen atoms in total. The zero-order valence-corrected chi connectivity index (χ0v) is 25.1. The monoisotopic (exact) mass is 655 g/mol. The Morgan fingerprint density at radius 3 is 1.94 bits per heavy atom. The molecule has 0 aliphatic heterocycles. The molecule has 2 aliphatic rings. The number of hydrogen-bond acceptors (Lipinski definition) is 12. The number of carbonyl (C=O) groups is 7. The summed E-state index contributed by atoms with van der Waals surface area (Å²) in [4.78, 5) is 86.1. The van der Waals surface area contributed by atoms with Crippen molar-refractivity contribution in [2.24, 2.45) is 0 Å². The molecule has 0 radical (unpaired) electrons. The van der Waals surface area contributed by atoms with E-state index < -0.39 is 101 Å². The van der Waals surface area contributed by atoms with Crippen LogP contribution in [-0.2, 0) is 30.4 Å². The van der Waals surface area contributed by atoms with Crippen LogP contribution in [0.4, 0.5) is 0 Å². The molecule has 0 fully saturated rings. The van der Waals surface area contributed by atoms with E-state index >= 15 is 0 Å². The number of rotatable bonds is 11. The molecule has 47 heavy (non-hydrogen) atoms. The van der Waals surface area contributed by atoms with Gasteiger partial charge in [-0.15, -0.1) is 0 Å². The summed E-state index contributed by atoms with van der Waals surface area (Å²) in [5, 5.41) is 65.9. The minimum absolute atomic E-state index is 0.147. The van der Waals surface area contributed by atoms with Gasteiger partial charge in [0.1, 0.15) is 22.8 Å². The van der Waals surface area contributed by atoms with Crippen LogP contribution in [0.5, 0.6) is 17.2 Å². The Balaban J connectivity index is 1.32. The van der Waals surface area contributed by atoms with E-state index in [-0.39, 0.29) is 54.2 Å². The summed E-state index contributed by atoms with van der Waals surface area (Å²) >= 11 is 0. The molecule has 0 aromatic heterocycles. The van der Waals surface area contributed by atoms with E-state index in [4.69, 9.17) is 0 Å². The first-order valence-corrected chi connectivity index (χ1v) is 14.5. The Bertz CT molecular complexity index is 1690. The molecule has 2 atom stereocenters. The number of benzene rings is 2. The van der Waals surface area contributed by atoms with Crippen molar-refractivity contribution >= 4 is 41.1 Å². The van der Waals surface area contributed by atoms with Crippen molar-refractivity contribution in [3.8, 4) is 17.2 Å². The lowest BCUT2D eigenvalue weighted by Gasteiger charge is -2.37. The van der Waals surface area contributed by atoms with E-state index in [2.05, 4.69) is 26.6 Å². The summed E-state index contributed by atoms with van der Waals surface area (Å²) in [5.74, 6) is -7.29. The van der Waals surface area contributed by atoms with Gasteiger partial charge in [-0.3, -0.25) is 33.6 Å². The molecule has 250 valence electrons. The minimum atomic E-state index is -2.34. The van der Waals surface area contributed by atoms with Crippen LogP contribution in [0.1, 0.15) is 68.8 Å². The third kappa shape index (κ3) is 7.00. The summed E-state index contributed by atoms with van der Waals surface area (Å²) in [6, 6.07) is 3.73. The fourth-order valence-corrected chi connectivity index (χ4v) is 5.35. The lowest BCUT2D eigenvalue weighted by atomic mass is 9.73. The van der Waals surface area contributed by atoms with Crippen LogP contribution in [0.15, 0.2) is 18.2 Å². The smallest absolute Gasteiger partial charge is 0.252 e. The summed E-state index contributed by atoms with van der Waals surface area (Å²) in [7, 11) is 0. The van der Waals surface area contributed by atoms with Gasteiger partial charge in [0.25, 0.3) is 5.91 Å². The van der Waals surface area contributed by atoms with Gasteiger partial charge >= 0.3 is 0 Å². The number of hydrogen-bond donors (Lipinski definition) is 10. The number of amides is 5. The van der Waals surface area contributed by atoms with Crippen molar-refractivity contribution in [2.75, 3.05) is 32.7 Å². The average molecular weight is 656 g/mol. The molecule has 0 spiro atoms. The number of nitrogens with one attached hydrogen (secondary N) is 5. The maximum atomic E-state index is 13.2. The van der Waals surface area contributed by atoms with Gasteiger partial charge in [-0.1, -0.05) is 19.1 Å². The maximum absolute atomic E-state index is 13.2. The van der Waals surface area contributed by atoms with Crippen molar-refractivity contribution in [2.45, 2.75) is 37.9 Å². The van der Waals surface area contributed by atoms with Gasteiger partial charge in [0, 0.05) is 49.0 Å². The van der Waals surface area contributed by atoms with E-state index in [1.165, 1.54) is 18.2 Å². The van der Waals surface area contributed by atoms with Gasteiger partial charge in [0.15, 0.2) is 5.78 Å². The molecule has 2 aliphatic carbocycles. The first-order chi connectivity index (χ1) is 22.2. The highest BCUT2D eigenvalue weighted by atomic mass is 16.3. The van der Waals surface area contributed by atoms with Crippen LogP contribution in [0.3, 0.4) is 0 Å². The van der Waals surface area contributed by atoms with Crippen molar-refractivity contribution < 1.29 is 59.1 Å². The number of aliphatic hydroxyl groups is 2. The molecular formula is C30H33N5O12. The maximum Gasteiger partial charge on any atom is 0.252 e. The van der Waals surface area contributed by atoms with Crippen LogP contribution in [0.25, 0.3) is 0 Å². The van der Waals surface area contributed by atoms with Gasteiger partial charge in [0.2, 0.25) is 29.4 Å². The van der Waals surface area contributed by atoms with Crippen LogP contribution >= 0.6 is 0 Å². The SMILES string of the molecule is CCC(=O)NCC(=O)NCC(=O)NCC(=O)NCCNC(=O)C1(O)Cc2c(O)c3c(c(O)c2C(O)C1)C(=O)c1c(O)cccc1C3=O. The third-order valence-electron chi connectivity index (χ3n) is 7.71. The lowest BCUT2D eigenvalue weighted by Crippen LogP contribution is -2.52. The molecule has 10 N–H and O–H groups in total. The topological polar surface area (TPSA) is 281 Å². The van der Waals surface area contributed by atoms with E-state index in [0.29, 0.717) is 0 Å². The van der Waals surface area contributed by atoms with Crippen molar-refractivity contribution in [1.82, 2.24) is 26.6 Å². The zero-order valence-electron chi connectivity index (χ0n) is 25.1. The quantitative estimate of drug-likeness (QED) is 0.0745. The Hall–Kier alpha value is -5.55. The van der Waals surface area contributed by atoms with Crippen molar-refractivity contribution in [3.05, 3.63) is 51.6 Å². The molecule has 0 bridgehead atoms. The second kappa shape index (κ2) is 13.8. The second-order valence-corrected chi connectivity index (χ2v) is 10.9. The number of aromatic hydroxyl groups is 3. The Morgan fingerprint density at radius 2 is 1.32 bits per heavy atom. The highest BCUT2D eigenvalue weighted by Gasteiger charge is 2.48. The Kier molecular flexibility index (Phi) is 10.1. The first-order valence-electron chi connectivity index (χ1n) is 14.5. The van der Waals surface area contributed by atoms with Gasteiger partial charge in [-0.25, -0.2) is 0 Å². The molecule has 0 saturated heterocycles. The Morgan fingerprint density at radius 1 is 0.766 bits per heavy atom. The molecule has 4 rings (SSSR count). The van der Waals surface area contributed by atoms with Crippen LogP contribution < -0.4 is 26.6 Å². The van der Waals surface area contributed by atoms with E-state index in [1.807, 2.05) is 0 Å². The minimum Gasteiger partial charge on any atom is -0.507 e. The number of fused-ring (bicyclic) bond motifs is 3. The molecule has 2 unspecified atom stereocenters. The lowest BCUT2D eigenvalue weighted by molar-refractivity contribution is -0.144. The predicted octanol–water partition coefficient (Wildman–Crippen LogP) is -2.72. The highest BCUT2D eigenvalue weighted by Crippen LogP contribution is 2.50. The molecule has 17 heteroatoms. The summed E-state index contributed by atoms with van der Waals surface area (Å²) in [6.45, 7) is 0.0548. The first kappa shape index (κ1) is 34.3. The number of aliphatic hydroxyl groups excluding tert-OH is 1. The van der Waals surface area contributed by atoms with Crippen LogP contribution in [-0.4, -0.2) is 105 Å². The zero-order chi connectivity index (χ0) is 34.6. The fraction of sp³-hybridized carbons (Fsp3) is 0.367. The number of ketones is 2. The van der Waals surface area contributed by atoms with E-state index in [0.717, 1.165) is 0 Å². The molecule has 2 aromatic carbocycles. The molecule has 0 saturated carbocycles. The molecule has 2 aromatic rings.